The number of nitrogens with two attached hydrogens (primary N) is 1. The van der Waals surface area contributed by atoms with Gasteiger partial charge in [0.25, 0.3) is 5.56 Å². The summed E-state index contributed by atoms with van der Waals surface area (Å²) in [5.74, 6) is 7.47. The van der Waals surface area contributed by atoms with E-state index in [4.69, 9.17) is 5.84 Å². The molecule has 0 saturated carbocycles. The zero-order chi connectivity index (χ0) is 13.4. The third-order valence-electron chi connectivity index (χ3n) is 2.54. The first kappa shape index (κ1) is 12.2. The Hall–Kier alpha value is -1.87. The fourth-order valence-electron chi connectivity index (χ4n) is 1.57. The number of hydrogen-bond acceptors (Lipinski definition) is 7. The van der Waals surface area contributed by atoms with Crippen molar-refractivity contribution in [1.29, 1.82) is 0 Å². The molecule has 3 heterocycles. The Morgan fingerprint density at radius 2 is 2.37 bits per heavy atom. The number of hydrogen-bond donors (Lipinski definition) is 2. The molecule has 0 amide bonds. The van der Waals surface area contributed by atoms with Gasteiger partial charge in [-0.05, 0) is 18.4 Å². The molecule has 7 nitrogen and oxygen atoms in total. The Morgan fingerprint density at radius 3 is 3.11 bits per heavy atom. The third kappa shape index (κ3) is 2.22. The number of rotatable bonds is 3. The molecule has 0 aliphatic heterocycles. The summed E-state index contributed by atoms with van der Waals surface area (Å²) in [7, 11) is 0. The Morgan fingerprint density at radius 1 is 1.53 bits per heavy atom. The van der Waals surface area contributed by atoms with E-state index in [9.17, 15) is 4.79 Å². The fraction of sp³-hybridized carbons (Fsp3) is 0.200. The van der Waals surface area contributed by atoms with E-state index < -0.39 is 0 Å². The van der Waals surface area contributed by atoms with Crippen LogP contribution in [0.5, 0.6) is 0 Å². The molecule has 0 spiro atoms. The summed E-state index contributed by atoms with van der Waals surface area (Å²) in [6.45, 7) is 1.77. The summed E-state index contributed by atoms with van der Waals surface area (Å²) in [5.41, 5.74) is 0.607. The second-order valence-corrected chi connectivity index (χ2v) is 5.69. The molecule has 3 aromatic heterocycles. The van der Waals surface area contributed by atoms with Crippen LogP contribution in [0.15, 0.2) is 21.4 Å². The molecule has 0 unspecified atom stereocenters. The standard InChI is InChI=1S/C10H10N6OS2/c1-5-14-15-10(16(5)11)19-4-7-12-6-2-3-18-8(6)9(17)13-7/h2-3H,4,11H2,1H3,(H,12,13,17). The van der Waals surface area contributed by atoms with Crippen LogP contribution in [-0.2, 0) is 5.75 Å². The summed E-state index contributed by atoms with van der Waals surface area (Å²) in [5, 5.41) is 10.2. The Bertz CT molecular complexity index is 789. The highest BCUT2D eigenvalue weighted by molar-refractivity contribution is 7.98. The van der Waals surface area contributed by atoms with Gasteiger partial charge in [0.2, 0.25) is 5.16 Å². The second kappa shape index (κ2) is 4.67. The van der Waals surface area contributed by atoms with Gasteiger partial charge in [-0.15, -0.1) is 21.5 Å². The largest absolute Gasteiger partial charge is 0.336 e. The first-order valence-corrected chi connectivity index (χ1v) is 7.28. The number of fused-ring (bicyclic) bond motifs is 1. The van der Waals surface area contributed by atoms with E-state index in [1.54, 1.807) is 6.92 Å². The predicted molar refractivity (Wildman–Crippen MR) is 74.7 cm³/mol. The van der Waals surface area contributed by atoms with E-state index in [-0.39, 0.29) is 5.56 Å². The minimum atomic E-state index is -0.110. The zero-order valence-corrected chi connectivity index (χ0v) is 11.6. The van der Waals surface area contributed by atoms with Crippen LogP contribution in [0.2, 0.25) is 0 Å². The van der Waals surface area contributed by atoms with Crippen molar-refractivity contribution >= 4 is 33.3 Å². The van der Waals surface area contributed by atoms with Gasteiger partial charge in [-0.2, -0.15) is 0 Å². The average molecular weight is 294 g/mol. The molecule has 98 valence electrons. The first-order chi connectivity index (χ1) is 9.15. The van der Waals surface area contributed by atoms with Gasteiger partial charge in [-0.25, -0.2) is 9.66 Å². The fourth-order valence-corrected chi connectivity index (χ4v) is 3.07. The molecule has 0 aromatic carbocycles. The highest BCUT2D eigenvalue weighted by Gasteiger charge is 2.09. The summed E-state index contributed by atoms with van der Waals surface area (Å²) < 4.78 is 2.05. The number of thiophene rings is 1. The zero-order valence-electron chi connectivity index (χ0n) is 9.95. The molecule has 3 rings (SSSR count). The van der Waals surface area contributed by atoms with Gasteiger partial charge in [-0.3, -0.25) is 4.79 Å². The van der Waals surface area contributed by atoms with Crippen molar-refractivity contribution < 1.29 is 0 Å². The molecule has 19 heavy (non-hydrogen) atoms. The van der Waals surface area contributed by atoms with Crippen LogP contribution in [0.1, 0.15) is 11.6 Å². The Kier molecular flexibility index (Phi) is 2.99. The van der Waals surface area contributed by atoms with E-state index >= 15 is 0 Å². The highest BCUT2D eigenvalue weighted by Crippen LogP contribution is 2.20. The van der Waals surface area contributed by atoms with Gasteiger partial charge < -0.3 is 10.8 Å². The number of aryl methyl sites for hydroxylation is 1. The number of nitrogens with zero attached hydrogens (tertiary/aromatic N) is 4. The summed E-state index contributed by atoms with van der Waals surface area (Å²) >= 11 is 2.76. The van der Waals surface area contributed by atoms with Crippen LogP contribution in [0.25, 0.3) is 10.2 Å². The van der Waals surface area contributed by atoms with Crippen LogP contribution in [0.3, 0.4) is 0 Å². The van der Waals surface area contributed by atoms with Crippen LogP contribution in [0, 0.1) is 6.92 Å². The van der Waals surface area contributed by atoms with Crippen LogP contribution in [0.4, 0.5) is 0 Å². The quantitative estimate of drug-likeness (QED) is 0.549. The number of nitrogens with one attached hydrogen (secondary N) is 1. The number of nitrogen functional groups attached to an aromatic ring is 1. The van der Waals surface area contributed by atoms with Crippen molar-refractivity contribution in [2.24, 2.45) is 0 Å². The van der Waals surface area contributed by atoms with E-state index in [2.05, 4.69) is 20.2 Å². The van der Waals surface area contributed by atoms with Gasteiger partial charge in [0.1, 0.15) is 16.3 Å². The van der Waals surface area contributed by atoms with Crippen LogP contribution in [-0.4, -0.2) is 24.8 Å². The SMILES string of the molecule is Cc1nnc(SCc2nc3ccsc3c(=O)[nH]2)n1N. The van der Waals surface area contributed by atoms with Crippen molar-refractivity contribution in [1.82, 2.24) is 24.8 Å². The van der Waals surface area contributed by atoms with E-state index in [0.717, 1.165) is 5.52 Å². The van der Waals surface area contributed by atoms with Gasteiger partial charge in [0.15, 0.2) is 0 Å². The lowest BCUT2D eigenvalue weighted by Crippen LogP contribution is -2.12. The van der Waals surface area contributed by atoms with Crippen molar-refractivity contribution in [3.63, 3.8) is 0 Å². The molecule has 0 aliphatic carbocycles. The first-order valence-electron chi connectivity index (χ1n) is 5.41. The van der Waals surface area contributed by atoms with E-state index in [1.165, 1.54) is 27.8 Å². The Balaban J connectivity index is 1.85. The van der Waals surface area contributed by atoms with Crippen LogP contribution >= 0.6 is 23.1 Å². The number of aromatic amines is 1. The molecule has 0 radical (unpaired) electrons. The minimum absolute atomic E-state index is 0.110. The van der Waals surface area contributed by atoms with Crippen molar-refractivity contribution in [3.05, 3.63) is 33.4 Å². The van der Waals surface area contributed by atoms with Crippen LogP contribution < -0.4 is 11.4 Å². The summed E-state index contributed by atoms with van der Waals surface area (Å²) in [4.78, 5) is 18.9. The molecule has 3 N–H and O–H groups in total. The van der Waals surface area contributed by atoms with Gasteiger partial charge in [0, 0.05) is 0 Å². The number of thioether (sulfide) groups is 1. The summed E-state index contributed by atoms with van der Waals surface area (Å²) in [6.07, 6.45) is 0. The molecule has 0 aliphatic rings. The number of aromatic nitrogens is 5. The lowest BCUT2D eigenvalue weighted by Gasteiger charge is -2.01. The molecule has 3 aromatic rings. The van der Waals surface area contributed by atoms with Gasteiger partial charge >= 0.3 is 0 Å². The molecule has 9 heteroatoms. The van der Waals surface area contributed by atoms with Crippen molar-refractivity contribution in [2.75, 3.05) is 5.84 Å². The molecule has 0 fully saturated rings. The Labute approximate surface area is 115 Å². The molecular formula is C10H10N6OS2. The third-order valence-corrected chi connectivity index (χ3v) is 4.39. The highest BCUT2D eigenvalue weighted by atomic mass is 32.2. The van der Waals surface area contributed by atoms with Gasteiger partial charge in [-0.1, -0.05) is 11.8 Å². The summed E-state index contributed by atoms with van der Waals surface area (Å²) in [6, 6.07) is 1.83. The topological polar surface area (TPSA) is 102 Å². The van der Waals surface area contributed by atoms with Crippen molar-refractivity contribution in [3.8, 4) is 0 Å². The smallest absolute Gasteiger partial charge is 0.268 e. The molecule has 0 saturated heterocycles. The maximum Gasteiger partial charge on any atom is 0.268 e. The molecule has 0 bridgehead atoms. The maximum absolute atomic E-state index is 11.8. The molecular weight excluding hydrogens is 284 g/mol. The predicted octanol–water partition coefficient (Wildman–Crippen LogP) is 0.891. The lowest BCUT2D eigenvalue weighted by atomic mass is 10.4. The van der Waals surface area contributed by atoms with E-state index in [1.807, 2.05) is 11.4 Å². The van der Waals surface area contributed by atoms with Crippen molar-refractivity contribution in [2.45, 2.75) is 17.8 Å². The lowest BCUT2D eigenvalue weighted by molar-refractivity contribution is 0.824. The maximum atomic E-state index is 11.8. The number of H-pyrrole nitrogens is 1. The average Bonchev–Trinajstić information content (AvgIpc) is 2.97. The minimum Gasteiger partial charge on any atom is -0.336 e. The molecule has 0 atom stereocenters. The van der Waals surface area contributed by atoms with Gasteiger partial charge in [0.05, 0.1) is 11.3 Å². The normalized spacial score (nSPS) is 11.2. The van der Waals surface area contributed by atoms with E-state index in [0.29, 0.717) is 27.3 Å². The monoisotopic (exact) mass is 294 g/mol. The second-order valence-electron chi connectivity index (χ2n) is 3.84.